The Morgan fingerprint density at radius 2 is 1.88 bits per heavy atom. The number of benzene rings is 1. The van der Waals surface area contributed by atoms with E-state index in [0.717, 1.165) is 5.69 Å². The number of carbonyl (C=O) groups excluding carboxylic acids is 2. The first-order valence-electron chi connectivity index (χ1n) is 5.17. The van der Waals surface area contributed by atoms with Crippen molar-refractivity contribution in [1.82, 2.24) is 0 Å². The number of amides is 2. The third-order valence-corrected chi connectivity index (χ3v) is 2.14. The molecule has 0 aromatic heterocycles. The molecule has 0 heterocycles. The van der Waals surface area contributed by atoms with Gasteiger partial charge < -0.3 is 10.6 Å². The van der Waals surface area contributed by atoms with Crippen molar-refractivity contribution in [3.05, 3.63) is 30.3 Å². The summed E-state index contributed by atoms with van der Waals surface area (Å²) >= 11 is 0. The number of anilines is 1. The van der Waals surface area contributed by atoms with Crippen LogP contribution in [0.15, 0.2) is 30.3 Å². The largest absolute Gasteiger partial charge is 0.369 e. The van der Waals surface area contributed by atoms with Crippen LogP contribution in [0.1, 0.15) is 21.7 Å². The number of hydrogen-bond donors (Lipinski definition) is 1. The zero-order valence-electron chi connectivity index (χ0n) is 9.51. The van der Waals surface area contributed by atoms with Crippen molar-refractivity contribution < 1.29 is 11.0 Å². The second-order valence-corrected chi connectivity index (χ2v) is 3.84. The maximum absolute atomic E-state index is 11.8. The summed E-state index contributed by atoms with van der Waals surface area (Å²) in [4.78, 5) is 24.1. The summed E-state index contributed by atoms with van der Waals surface area (Å²) in [7, 11) is 0. The Hall–Kier alpha value is -1.84. The van der Waals surface area contributed by atoms with Crippen LogP contribution in [0.4, 0.5) is 5.69 Å². The first-order valence-corrected chi connectivity index (χ1v) is 5.17. The Labute approximate surface area is 96.5 Å². The highest BCUT2D eigenvalue weighted by molar-refractivity contribution is 6.04. The van der Waals surface area contributed by atoms with Crippen molar-refractivity contribution in [2.75, 3.05) is 4.90 Å². The van der Waals surface area contributed by atoms with Gasteiger partial charge in [-0.1, -0.05) is 18.2 Å². The lowest BCUT2D eigenvalue weighted by atomic mass is 10.2. The van der Waals surface area contributed by atoms with Crippen LogP contribution in [-0.4, -0.2) is 17.9 Å². The minimum atomic E-state index is -0.605. The van der Waals surface area contributed by atoms with Crippen molar-refractivity contribution in [1.29, 1.82) is 0 Å². The van der Waals surface area contributed by atoms with E-state index in [1.165, 1.54) is 0 Å². The van der Waals surface area contributed by atoms with Crippen molar-refractivity contribution in [2.45, 2.75) is 26.3 Å². The van der Waals surface area contributed by atoms with Crippen molar-refractivity contribution in [3.8, 4) is 0 Å². The lowest BCUT2D eigenvalue weighted by Crippen LogP contribution is -2.39. The predicted octanol–water partition coefficient (Wildman–Crippen LogP) is 1.55. The molecule has 0 radical (unpaired) electrons. The Morgan fingerprint density at radius 3 is 2.31 bits per heavy atom. The molecule has 0 unspecified atom stereocenters. The van der Waals surface area contributed by atoms with Gasteiger partial charge in [-0.25, -0.2) is 0 Å². The third-order valence-electron chi connectivity index (χ3n) is 2.14. The number of nitrogens with zero attached hydrogens (tertiary/aromatic N) is 1. The SMILES string of the molecule is CC(C)N(C(=O)CC(N)=O)c1ccccc1.[HH]. The van der Waals surface area contributed by atoms with Crippen LogP contribution in [0.3, 0.4) is 0 Å². The Bertz CT molecular complexity index is 379. The summed E-state index contributed by atoms with van der Waals surface area (Å²) in [5, 5.41) is 0. The van der Waals surface area contributed by atoms with E-state index in [1.807, 2.05) is 44.2 Å². The van der Waals surface area contributed by atoms with Crippen molar-refractivity contribution >= 4 is 17.5 Å². The Kier molecular flexibility index (Phi) is 4.05. The van der Waals surface area contributed by atoms with Gasteiger partial charge in [-0.3, -0.25) is 9.59 Å². The van der Waals surface area contributed by atoms with E-state index in [1.54, 1.807) is 4.90 Å². The van der Waals surface area contributed by atoms with E-state index in [0.29, 0.717) is 0 Å². The molecule has 4 nitrogen and oxygen atoms in total. The Morgan fingerprint density at radius 1 is 1.31 bits per heavy atom. The molecule has 1 rings (SSSR count). The summed E-state index contributed by atoms with van der Waals surface area (Å²) in [6.45, 7) is 3.79. The topological polar surface area (TPSA) is 63.4 Å². The van der Waals surface area contributed by atoms with Crippen LogP contribution in [0.2, 0.25) is 0 Å². The molecular formula is C12H18N2O2. The van der Waals surface area contributed by atoms with Gasteiger partial charge in [0.1, 0.15) is 6.42 Å². The minimum absolute atomic E-state index is 0. The number of primary amides is 1. The van der Waals surface area contributed by atoms with E-state index >= 15 is 0 Å². The van der Waals surface area contributed by atoms with Gasteiger partial charge in [0.2, 0.25) is 11.8 Å². The smallest absolute Gasteiger partial charge is 0.236 e. The molecule has 0 aliphatic heterocycles. The summed E-state index contributed by atoms with van der Waals surface area (Å²) < 4.78 is 0. The van der Waals surface area contributed by atoms with E-state index in [4.69, 9.17) is 5.73 Å². The van der Waals surface area contributed by atoms with Crippen LogP contribution in [0.25, 0.3) is 0 Å². The van der Waals surface area contributed by atoms with Gasteiger partial charge in [0.05, 0.1) is 0 Å². The molecule has 0 saturated heterocycles. The molecule has 1 aromatic rings. The molecular weight excluding hydrogens is 204 g/mol. The van der Waals surface area contributed by atoms with Gasteiger partial charge in [-0.05, 0) is 26.0 Å². The zero-order valence-corrected chi connectivity index (χ0v) is 9.51. The summed E-state index contributed by atoms with van der Waals surface area (Å²) in [6, 6.07) is 9.23. The number of carbonyl (C=O) groups is 2. The molecule has 4 heteroatoms. The third kappa shape index (κ3) is 3.08. The first kappa shape index (κ1) is 12.2. The fraction of sp³-hybridized carbons (Fsp3) is 0.333. The monoisotopic (exact) mass is 222 g/mol. The molecule has 1 aromatic carbocycles. The molecule has 0 spiro atoms. The molecule has 88 valence electrons. The zero-order chi connectivity index (χ0) is 12.1. The van der Waals surface area contributed by atoms with Gasteiger partial charge in [0.25, 0.3) is 0 Å². The Balaban J connectivity index is 0.00000256. The average Bonchev–Trinajstić information content (AvgIpc) is 2.17. The lowest BCUT2D eigenvalue weighted by Gasteiger charge is -2.26. The molecule has 0 aliphatic rings. The number of hydrogen-bond acceptors (Lipinski definition) is 2. The summed E-state index contributed by atoms with van der Waals surface area (Å²) in [6.07, 6.45) is -0.257. The van der Waals surface area contributed by atoms with Crippen LogP contribution >= 0.6 is 0 Å². The second kappa shape index (κ2) is 5.30. The maximum atomic E-state index is 11.8. The lowest BCUT2D eigenvalue weighted by molar-refractivity contribution is -0.126. The highest BCUT2D eigenvalue weighted by Gasteiger charge is 2.19. The number of para-hydroxylation sites is 1. The number of nitrogens with two attached hydrogens (primary N) is 1. The highest BCUT2D eigenvalue weighted by atomic mass is 16.2. The molecule has 0 fully saturated rings. The molecule has 0 bridgehead atoms. The van der Waals surface area contributed by atoms with Gasteiger partial charge >= 0.3 is 0 Å². The van der Waals surface area contributed by atoms with Crippen LogP contribution in [0.5, 0.6) is 0 Å². The van der Waals surface area contributed by atoms with Crippen LogP contribution < -0.4 is 10.6 Å². The molecule has 2 amide bonds. The number of rotatable bonds is 4. The van der Waals surface area contributed by atoms with E-state index in [-0.39, 0.29) is 19.8 Å². The normalized spacial score (nSPS) is 10.2. The van der Waals surface area contributed by atoms with E-state index in [2.05, 4.69) is 0 Å². The fourth-order valence-electron chi connectivity index (χ4n) is 1.55. The van der Waals surface area contributed by atoms with Crippen molar-refractivity contribution in [3.63, 3.8) is 0 Å². The van der Waals surface area contributed by atoms with Gasteiger partial charge in [0, 0.05) is 13.2 Å². The minimum Gasteiger partial charge on any atom is -0.369 e. The summed E-state index contributed by atoms with van der Waals surface area (Å²) in [5.41, 5.74) is 5.80. The van der Waals surface area contributed by atoms with Crippen molar-refractivity contribution in [2.24, 2.45) is 5.73 Å². The van der Waals surface area contributed by atoms with Crippen LogP contribution in [0, 0.1) is 0 Å². The first-order chi connectivity index (χ1) is 7.52. The van der Waals surface area contributed by atoms with E-state index in [9.17, 15) is 9.59 Å². The van der Waals surface area contributed by atoms with Crippen LogP contribution in [-0.2, 0) is 9.59 Å². The fourth-order valence-corrected chi connectivity index (χ4v) is 1.55. The van der Waals surface area contributed by atoms with Gasteiger partial charge in [-0.15, -0.1) is 0 Å². The summed E-state index contributed by atoms with van der Waals surface area (Å²) in [5.74, 6) is -0.875. The standard InChI is InChI=1S/C12H16N2O2.H2/c1-9(2)14(12(16)8-11(13)15)10-6-4-3-5-7-10;/h3-7,9H,8H2,1-2H3,(H2,13,15);1H. The molecule has 2 N–H and O–H groups in total. The van der Waals surface area contributed by atoms with Gasteiger partial charge in [-0.2, -0.15) is 0 Å². The van der Waals surface area contributed by atoms with E-state index < -0.39 is 5.91 Å². The molecule has 0 atom stereocenters. The highest BCUT2D eigenvalue weighted by Crippen LogP contribution is 2.17. The molecule has 0 saturated carbocycles. The predicted molar refractivity (Wildman–Crippen MR) is 65.0 cm³/mol. The maximum Gasteiger partial charge on any atom is 0.236 e. The quantitative estimate of drug-likeness (QED) is 0.785. The molecule has 16 heavy (non-hydrogen) atoms. The molecule has 0 aliphatic carbocycles. The van der Waals surface area contributed by atoms with Gasteiger partial charge in [0.15, 0.2) is 0 Å². The average molecular weight is 222 g/mol. The second-order valence-electron chi connectivity index (χ2n) is 3.84.